The Balaban J connectivity index is 2.93. The number of nitrogens with two attached hydrogens (primary N) is 1. The molecule has 0 heterocycles. The third kappa shape index (κ3) is 10.9. The number of phenols is 1. The fraction of sp³-hybridized carbons (Fsp3) is 0.478. The Hall–Kier alpha value is -4.20. The Bertz CT molecular complexity index is 996. The first-order valence-electron chi connectivity index (χ1n) is 11.3. The van der Waals surface area contributed by atoms with Gasteiger partial charge in [0, 0.05) is 6.42 Å². The van der Waals surface area contributed by atoms with E-state index >= 15 is 0 Å². The third-order valence-corrected chi connectivity index (χ3v) is 5.25. The Morgan fingerprint density at radius 1 is 0.811 bits per heavy atom. The first-order valence-corrected chi connectivity index (χ1v) is 11.3. The second-order valence-electron chi connectivity index (χ2n) is 8.70. The Labute approximate surface area is 212 Å². The van der Waals surface area contributed by atoms with Gasteiger partial charge in [0.15, 0.2) is 0 Å². The van der Waals surface area contributed by atoms with E-state index in [0.717, 1.165) is 0 Å². The molecule has 37 heavy (non-hydrogen) atoms. The lowest BCUT2D eigenvalue weighted by molar-refractivity contribution is -0.144. The number of carbonyl (C=O) groups excluding carboxylic acids is 3. The lowest BCUT2D eigenvalue weighted by atomic mass is 10.0. The summed E-state index contributed by atoms with van der Waals surface area (Å²) < 4.78 is 0. The lowest BCUT2D eigenvalue weighted by Gasteiger charge is -2.26. The molecule has 0 aliphatic carbocycles. The van der Waals surface area contributed by atoms with Crippen molar-refractivity contribution < 1.29 is 49.2 Å². The molecule has 1 aromatic carbocycles. The Morgan fingerprint density at radius 3 is 1.86 bits per heavy atom. The number of hydrogen-bond donors (Lipinski definition) is 8. The summed E-state index contributed by atoms with van der Waals surface area (Å²) in [6.45, 7) is 3.08. The van der Waals surface area contributed by atoms with Crippen LogP contribution >= 0.6 is 0 Å². The first kappa shape index (κ1) is 30.8. The van der Waals surface area contributed by atoms with Crippen molar-refractivity contribution in [3.63, 3.8) is 0 Å². The van der Waals surface area contributed by atoms with Crippen molar-refractivity contribution in [1.82, 2.24) is 16.0 Å². The highest BCUT2D eigenvalue weighted by Crippen LogP contribution is 2.11. The van der Waals surface area contributed by atoms with Gasteiger partial charge in [-0.2, -0.15) is 0 Å². The van der Waals surface area contributed by atoms with Crippen LogP contribution in [0.25, 0.3) is 0 Å². The third-order valence-electron chi connectivity index (χ3n) is 5.25. The van der Waals surface area contributed by atoms with Crippen LogP contribution in [-0.4, -0.2) is 80.2 Å². The fourth-order valence-electron chi connectivity index (χ4n) is 3.22. The molecule has 14 heteroatoms. The van der Waals surface area contributed by atoms with E-state index in [-0.39, 0.29) is 12.2 Å². The molecule has 0 aromatic heterocycles. The number of carboxylic acid groups (broad SMARTS) is 3. The number of hydrogen-bond acceptors (Lipinski definition) is 8. The first-order chi connectivity index (χ1) is 17.2. The van der Waals surface area contributed by atoms with E-state index in [9.17, 15) is 44.1 Å². The minimum Gasteiger partial charge on any atom is -0.508 e. The smallest absolute Gasteiger partial charge is 0.326 e. The molecule has 0 fully saturated rings. The quantitative estimate of drug-likeness (QED) is 0.135. The maximum absolute atomic E-state index is 12.9. The zero-order chi connectivity index (χ0) is 28.3. The maximum Gasteiger partial charge on any atom is 0.326 e. The van der Waals surface area contributed by atoms with Crippen LogP contribution in [0.4, 0.5) is 0 Å². The van der Waals surface area contributed by atoms with Gasteiger partial charge in [-0.3, -0.25) is 24.0 Å². The van der Waals surface area contributed by atoms with Crippen molar-refractivity contribution in [1.29, 1.82) is 0 Å². The van der Waals surface area contributed by atoms with Crippen LogP contribution in [0.5, 0.6) is 5.75 Å². The van der Waals surface area contributed by atoms with E-state index < -0.39 is 85.0 Å². The summed E-state index contributed by atoms with van der Waals surface area (Å²) >= 11 is 0. The summed E-state index contributed by atoms with van der Waals surface area (Å²) in [4.78, 5) is 71.6. The van der Waals surface area contributed by atoms with Crippen LogP contribution in [0.2, 0.25) is 0 Å². The predicted molar refractivity (Wildman–Crippen MR) is 127 cm³/mol. The molecule has 9 N–H and O–H groups in total. The highest BCUT2D eigenvalue weighted by molar-refractivity contribution is 5.95. The number of phenolic OH excluding ortho intramolecular Hbond substituents is 1. The number of rotatable bonds is 15. The van der Waals surface area contributed by atoms with Crippen LogP contribution in [0.1, 0.15) is 38.7 Å². The SMILES string of the molecule is CC(C)C(NC(=O)C(CC(=O)O)NC(=O)C(N)Cc1ccc(O)cc1)C(=O)NC(CCC(=O)O)C(=O)O. The van der Waals surface area contributed by atoms with E-state index in [4.69, 9.17) is 10.8 Å². The molecule has 0 radical (unpaired) electrons. The molecule has 1 rings (SSSR count). The zero-order valence-electron chi connectivity index (χ0n) is 20.3. The molecule has 0 bridgehead atoms. The van der Waals surface area contributed by atoms with Gasteiger partial charge in [-0.1, -0.05) is 26.0 Å². The molecule has 0 spiro atoms. The van der Waals surface area contributed by atoms with Gasteiger partial charge in [0.25, 0.3) is 0 Å². The van der Waals surface area contributed by atoms with Crippen molar-refractivity contribution >= 4 is 35.6 Å². The summed E-state index contributed by atoms with van der Waals surface area (Å²) in [7, 11) is 0. The molecular formula is C23H32N4O10. The topological polar surface area (TPSA) is 245 Å². The van der Waals surface area contributed by atoms with E-state index in [1.54, 1.807) is 0 Å². The highest BCUT2D eigenvalue weighted by Gasteiger charge is 2.33. The molecule has 0 aliphatic heterocycles. The summed E-state index contributed by atoms with van der Waals surface area (Å²) in [5.74, 6) is -7.50. The van der Waals surface area contributed by atoms with Gasteiger partial charge in [0.05, 0.1) is 12.5 Å². The molecule has 204 valence electrons. The van der Waals surface area contributed by atoms with Gasteiger partial charge < -0.3 is 42.1 Å². The van der Waals surface area contributed by atoms with E-state index in [1.165, 1.54) is 38.1 Å². The Morgan fingerprint density at radius 2 is 1.38 bits per heavy atom. The molecule has 0 saturated heterocycles. The number of amides is 3. The van der Waals surface area contributed by atoms with Crippen molar-refractivity contribution in [2.75, 3.05) is 0 Å². The van der Waals surface area contributed by atoms with E-state index in [0.29, 0.717) is 5.56 Å². The van der Waals surface area contributed by atoms with Gasteiger partial charge in [-0.15, -0.1) is 0 Å². The fourth-order valence-corrected chi connectivity index (χ4v) is 3.22. The number of carboxylic acids is 3. The average Bonchev–Trinajstić information content (AvgIpc) is 2.79. The monoisotopic (exact) mass is 524 g/mol. The standard InChI is InChI=1S/C23H32N4O10/c1-11(2)19(22(35)25-15(23(36)37)7-8-17(29)30)27-21(34)16(10-18(31)32)26-20(33)14(24)9-12-3-5-13(28)6-4-12/h3-6,11,14-16,19,28H,7-10,24H2,1-2H3,(H,25,35)(H,26,33)(H,27,34)(H,29,30)(H,31,32)(H,36,37). The van der Waals surface area contributed by atoms with Gasteiger partial charge in [-0.25, -0.2) is 4.79 Å². The van der Waals surface area contributed by atoms with Crippen LogP contribution in [-0.2, 0) is 35.2 Å². The Kier molecular flexibility index (Phi) is 12.0. The molecule has 14 nitrogen and oxygen atoms in total. The largest absolute Gasteiger partial charge is 0.508 e. The van der Waals surface area contributed by atoms with Crippen molar-refractivity contribution in [2.45, 2.75) is 63.7 Å². The lowest BCUT2D eigenvalue weighted by Crippen LogP contribution is -2.58. The van der Waals surface area contributed by atoms with E-state index in [2.05, 4.69) is 16.0 Å². The van der Waals surface area contributed by atoms with Crippen LogP contribution < -0.4 is 21.7 Å². The van der Waals surface area contributed by atoms with Crippen molar-refractivity contribution in [3.8, 4) is 5.75 Å². The number of carbonyl (C=O) groups is 6. The molecule has 0 saturated carbocycles. The summed E-state index contributed by atoms with van der Waals surface area (Å²) in [6.07, 6.45) is -1.72. The zero-order valence-corrected chi connectivity index (χ0v) is 20.3. The molecule has 1 aromatic rings. The summed E-state index contributed by atoms with van der Waals surface area (Å²) in [5.41, 5.74) is 6.49. The molecule has 0 aliphatic rings. The molecule has 4 atom stereocenters. The molecule has 3 amide bonds. The van der Waals surface area contributed by atoms with Crippen LogP contribution in [0.3, 0.4) is 0 Å². The number of aliphatic carboxylic acids is 3. The van der Waals surface area contributed by atoms with E-state index in [1.807, 2.05) is 0 Å². The van der Waals surface area contributed by atoms with Crippen molar-refractivity contribution in [2.24, 2.45) is 11.7 Å². The highest BCUT2D eigenvalue weighted by atomic mass is 16.4. The van der Waals surface area contributed by atoms with Gasteiger partial charge in [-0.05, 0) is 36.5 Å². The van der Waals surface area contributed by atoms with Gasteiger partial charge in [0.2, 0.25) is 17.7 Å². The molecule has 4 unspecified atom stereocenters. The number of benzene rings is 1. The second kappa shape index (κ2) is 14.4. The second-order valence-corrected chi connectivity index (χ2v) is 8.70. The maximum atomic E-state index is 12.9. The average molecular weight is 525 g/mol. The number of aromatic hydroxyl groups is 1. The number of nitrogens with one attached hydrogen (secondary N) is 3. The normalized spacial score (nSPS) is 14.1. The summed E-state index contributed by atoms with van der Waals surface area (Å²) in [5, 5.41) is 43.3. The van der Waals surface area contributed by atoms with Gasteiger partial charge in [0.1, 0.15) is 23.9 Å². The summed E-state index contributed by atoms with van der Waals surface area (Å²) in [6, 6.07) is 0.248. The van der Waals surface area contributed by atoms with Crippen LogP contribution in [0, 0.1) is 5.92 Å². The minimum absolute atomic E-state index is 0.0141. The predicted octanol–water partition coefficient (Wildman–Crippen LogP) is -1.20. The van der Waals surface area contributed by atoms with Crippen molar-refractivity contribution in [3.05, 3.63) is 29.8 Å². The van der Waals surface area contributed by atoms with Gasteiger partial charge >= 0.3 is 17.9 Å². The van der Waals surface area contributed by atoms with Crippen LogP contribution in [0.15, 0.2) is 24.3 Å². The molecular weight excluding hydrogens is 492 g/mol. The minimum atomic E-state index is -1.60.